The number of nitrogens with zero attached hydrogens (tertiary/aromatic N) is 2. The van der Waals surface area contributed by atoms with E-state index in [2.05, 4.69) is 29.2 Å². The molecule has 4 nitrogen and oxygen atoms in total. The van der Waals surface area contributed by atoms with E-state index in [9.17, 15) is 9.59 Å². The first-order valence-corrected chi connectivity index (χ1v) is 9.87. The smallest absolute Gasteiger partial charge is 0.234 e. The maximum Gasteiger partial charge on any atom is 0.234 e. The number of hydrogen-bond acceptors (Lipinski definition) is 2. The molecule has 2 aromatic rings. The molecule has 3 saturated heterocycles. The molecule has 0 aromatic heterocycles. The van der Waals surface area contributed by atoms with Crippen molar-refractivity contribution in [3.8, 4) is 11.1 Å². The lowest BCUT2D eigenvalue weighted by Gasteiger charge is -2.38. The third-order valence-corrected chi connectivity index (χ3v) is 6.52. The zero-order valence-corrected chi connectivity index (χ0v) is 15.6. The maximum absolute atomic E-state index is 13.8. The van der Waals surface area contributed by atoms with Crippen molar-refractivity contribution in [2.24, 2.45) is 5.92 Å². The van der Waals surface area contributed by atoms with Gasteiger partial charge in [-0.15, -0.1) is 0 Å². The van der Waals surface area contributed by atoms with Gasteiger partial charge in [-0.3, -0.25) is 9.59 Å². The summed E-state index contributed by atoms with van der Waals surface area (Å²) in [7, 11) is 0. The quantitative estimate of drug-likeness (QED) is 0.783. The number of fused-ring (bicyclic) bond motifs is 7. The van der Waals surface area contributed by atoms with Crippen molar-refractivity contribution >= 4 is 11.8 Å². The van der Waals surface area contributed by atoms with E-state index in [1.54, 1.807) is 6.92 Å². The highest BCUT2D eigenvalue weighted by Crippen LogP contribution is 2.46. The van der Waals surface area contributed by atoms with Crippen LogP contribution in [0, 0.1) is 5.92 Å². The van der Waals surface area contributed by atoms with Crippen LogP contribution in [0.4, 0.5) is 0 Å². The molecule has 3 aliphatic heterocycles. The van der Waals surface area contributed by atoms with Gasteiger partial charge in [0.2, 0.25) is 11.8 Å². The van der Waals surface area contributed by atoms with Gasteiger partial charge in [0.25, 0.3) is 0 Å². The molecule has 4 aliphatic rings. The Balaban J connectivity index is 1.52. The molecular formula is C23H24N2O2. The summed E-state index contributed by atoms with van der Waals surface area (Å²) >= 11 is 0. The molecule has 0 saturated carbocycles. The predicted octanol–water partition coefficient (Wildman–Crippen LogP) is 3.27. The van der Waals surface area contributed by atoms with Crippen molar-refractivity contribution in [2.45, 2.75) is 31.7 Å². The lowest BCUT2D eigenvalue weighted by Crippen LogP contribution is -2.49. The molecule has 0 radical (unpaired) electrons. The highest BCUT2D eigenvalue weighted by Gasteiger charge is 2.43. The van der Waals surface area contributed by atoms with Crippen LogP contribution in [0.5, 0.6) is 0 Å². The number of benzene rings is 2. The Bertz CT molecular complexity index is 877. The van der Waals surface area contributed by atoms with Crippen molar-refractivity contribution in [3.63, 3.8) is 0 Å². The standard InChI is InChI=1S/C23H24N2O2/c1-15(26)24-12-16-10-11-17(14-24)25(13-16)23(27)22-20-8-4-2-6-18(20)19-7-3-5-9-21(19)22/h2-9,16-17,22H,10-14H2,1H3/t16-,17+/m0/s1. The van der Waals surface area contributed by atoms with E-state index in [0.717, 1.165) is 37.1 Å². The zero-order chi connectivity index (χ0) is 18.5. The summed E-state index contributed by atoms with van der Waals surface area (Å²) < 4.78 is 0. The third kappa shape index (κ3) is 2.58. The van der Waals surface area contributed by atoms with Crippen molar-refractivity contribution < 1.29 is 9.59 Å². The maximum atomic E-state index is 13.8. The fourth-order valence-electron chi connectivity index (χ4n) is 5.20. The molecule has 4 heteroatoms. The largest absolute Gasteiger partial charge is 0.341 e. The molecular weight excluding hydrogens is 336 g/mol. The van der Waals surface area contributed by atoms with Gasteiger partial charge in [0, 0.05) is 32.6 Å². The molecule has 0 spiro atoms. The van der Waals surface area contributed by atoms with E-state index in [1.807, 2.05) is 29.2 Å². The first kappa shape index (κ1) is 16.5. The van der Waals surface area contributed by atoms with Crippen LogP contribution in [0.3, 0.4) is 0 Å². The lowest BCUT2D eigenvalue weighted by atomic mass is 9.90. The van der Waals surface area contributed by atoms with Gasteiger partial charge in [-0.05, 0) is 41.0 Å². The summed E-state index contributed by atoms with van der Waals surface area (Å²) in [4.78, 5) is 29.7. The third-order valence-electron chi connectivity index (χ3n) is 6.52. The fraction of sp³-hybridized carbons (Fsp3) is 0.391. The van der Waals surface area contributed by atoms with Gasteiger partial charge in [-0.2, -0.15) is 0 Å². The Morgan fingerprint density at radius 2 is 1.48 bits per heavy atom. The minimum absolute atomic E-state index is 0.123. The van der Waals surface area contributed by atoms with E-state index in [0.29, 0.717) is 12.5 Å². The van der Waals surface area contributed by atoms with E-state index >= 15 is 0 Å². The van der Waals surface area contributed by atoms with Gasteiger partial charge >= 0.3 is 0 Å². The summed E-state index contributed by atoms with van der Waals surface area (Å²) in [5, 5.41) is 0. The molecule has 2 aromatic carbocycles. The molecule has 0 N–H and O–H groups in total. The molecule has 2 atom stereocenters. The molecule has 138 valence electrons. The molecule has 1 aliphatic carbocycles. The second-order valence-corrected chi connectivity index (χ2v) is 8.12. The summed E-state index contributed by atoms with van der Waals surface area (Å²) in [5.41, 5.74) is 4.59. The van der Waals surface area contributed by atoms with Crippen LogP contribution in [-0.4, -0.2) is 47.3 Å². The van der Waals surface area contributed by atoms with Crippen LogP contribution in [0.1, 0.15) is 36.8 Å². The van der Waals surface area contributed by atoms with E-state index in [-0.39, 0.29) is 23.8 Å². The van der Waals surface area contributed by atoms with Gasteiger partial charge in [-0.25, -0.2) is 0 Å². The molecule has 3 heterocycles. The second-order valence-electron chi connectivity index (χ2n) is 8.12. The summed E-state index contributed by atoms with van der Waals surface area (Å²) in [6, 6.07) is 16.7. The van der Waals surface area contributed by atoms with Crippen LogP contribution in [0.25, 0.3) is 11.1 Å². The highest BCUT2D eigenvalue weighted by atomic mass is 16.2. The second kappa shape index (κ2) is 6.22. The predicted molar refractivity (Wildman–Crippen MR) is 104 cm³/mol. The molecule has 0 unspecified atom stereocenters. The average Bonchev–Trinajstić information content (AvgIpc) is 2.81. The van der Waals surface area contributed by atoms with Crippen LogP contribution >= 0.6 is 0 Å². The van der Waals surface area contributed by atoms with Crippen LogP contribution in [0.2, 0.25) is 0 Å². The van der Waals surface area contributed by atoms with Gasteiger partial charge in [0.15, 0.2) is 0 Å². The monoisotopic (exact) mass is 360 g/mol. The lowest BCUT2D eigenvalue weighted by molar-refractivity contribution is -0.136. The van der Waals surface area contributed by atoms with E-state index in [1.165, 1.54) is 11.1 Å². The highest BCUT2D eigenvalue weighted by molar-refractivity contribution is 5.96. The van der Waals surface area contributed by atoms with Crippen molar-refractivity contribution in [1.29, 1.82) is 0 Å². The molecule has 2 bridgehead atoms. The van der Waals surface area contributed by atoms with Gasteiger partial charge in [-0.1, -0.05) is 48.5 Å². The Kier molecular flexibility index (Phi) is 3.81. The zero-order valence-electron chi connectivity index (χ0n) is 15.6. The number of amides is 2. The molecule has 6 rings (SSSR count). The number of carbonyl (C=O) groups excluding carboxylic acids is 2. The summed E-state index contributed by atoms with van der Waals surface area (Å²) in [5.74, 6) is 0.497. The minimum Gasteiger partial charge on any atom is -0.341 e. The summed E-state index contributed by atoms with van der Waals surface area (Å²) in [6.45, 7) is 3.87. The van der Waals surface area contributed by atoms with Gasteiger partial charge in [0.05, 0.1) is 5.92 Å². The van der Waals surface area contributed by atoms with Crippen molar-refractivity contribution in [1.82, 2.24) is 9.80 Å². The topological polar surface area (TPSA) is 40.6 Å². The van der Waals surface area contributed by atoms with E-state index in [4.69, 9.17) is 0 Å². The molecule has 27 heavy (non-hydrogen) atoms. The fourth-order valence-corrected chi connectivity index (χ4v) is 5.20. The minimum atomic E-state index is -0.220. The Hall–Kier alpha value is -2.62. The SMILES string of the molecule is CC(=O)N1C[C@@H]2CC[C@H](C1)N(C(=O)C1c3ccccc3-c3ccccc31)C2. The normalized spacial score (nSPS) is 23.7. The molecule has 3 fully saturated rings. The molecule has 2 amide bonds. The first-order chi connectivity index (χ1) is 13.1. The Morgan fingerprint density at radius 1 is 0.852 bits per heavy atom. The van der Waals surface area contributed by atoms with Crippen molar-refractivity contribution in [2.75, 3.05) is 19.6 Å². The van der Waals surface area contributed by atoms with Crippen LogP contribution < -0.4 is 0 Å². The van der Waals surface area contributed by atoms with Crippen molar-refractivity contribution in [3.05, 3.63) is 59.7 Å². The Morgan fingerprint density at radius 3 is 2.11 bits per heavy atom. The van der Waals surface area contributed by atoms with Gasteiger partial charge in [0.1, 0.15) is 0 Å². The Labute approximate surface area is 159 Å². The van der Waals surface area contributed by atoms with Gasteiger partial charge < -0.3 is 9.80 Å². The van der Waals surface area contributed by atoms with Crippen LogP contribution in [0.15, 0.2) is 48.5 Å². The number of carbonyl (C=O) groups is 2. The summed E-state index contributed by atoms with van der Waals surface area (Å²) in [6.07, 6.45) is 2.10. The average molecular weight is 360 g/mol. The number of hydrogen-bond donors (Lipinski definition) is 0. The number of piperidine rings is 1. The van der Waals surface area contributed by atoms with E-state index < -0.39 is 0 Å². The van der Waals surface area contributed by atoms with Crippen LogP contribution in [-0.2, 0) is 9.59 Å². The first-order valence-electron chi connectivity index (χ1n) is 9.87. The number of rotatable bonds is 1.